The number of halogens is 2. The Morgan fingerprint density at radius 2 is 2.04 bits per heavy atom. The van der Waals surface area contributed by atoms with Crippen molar-refractivity contribution >= 4 is 5.91 Å². The summed E-state index contributed by atoms with van der Waals surface area (Å²) in [5.74, 6) is 1.26. The van der Waals surface area contributed by atoms with Gasteiger partial charge in [0.15, 0.2) is 11.6 Å². The van der Waals surface area contributed by atoms with Gasteiger partial charge in [0, 0.05) is 19.5 Å². The van der Waals surface area contributed by atoms with Crippen LogP contribution in [0.1, 0.15) is 31.2 Å². The fourth-order valence-corrected chi connectivity index (χ4v) is 2.97. The molecule has 1 saturated heterocycles. The molecule has 1 aromatic rings. The molecule has 0 saturated carbocycles. The van der Waals surface area contributed by atoms with E-state index < -0.39 is 17.7 Å². The Labute approximate surface area is 135 Å². The van der Waals surface area contributed by atoms with Gasteiger partial charge in [-0.15, -0.1) is 12.3 Å². The number of amides is 1. The normalized spacial score (nSPS) is 16.9. The number of nitrogens with zero attached hydrogens (tertiary/aromatic N) is 1. The van der Waals surface area contributed by atoms with Crippen molar-refractivity contribution < 1.29 is 13.6 Å². The van der Waals surface area contributed by atoms with Crippen LogP contribution in [0.4, 0.5) is 8.78 Å². The van der Waals surface area contributed by atoms with Crippen molar-refractivity contribution in [3.63, 3.8) is 0 Å². The summed E-state index contributed by atoms with van der Waals surface area (Å²) in [7, 11) is 0. The molecule has 0 bridgehead atoms. The molecule has 2 N–H and O–H groups in total. The summed E-state index contributed by atoms with van der Waals surface area (Å²) in [5, 5.41) is 0. The molecule has 5 heteroatoms. The summed E-state index contributed by atoms with van der Waals surface area (Å²) in [6.07, 6.45) is 9.12. The molecule has 1 atom stereocenters. The highest BCUT2D eigenvalue weighted by molar-refractivity contribution is 5.82. The number of benzene rings is 1. The van der Waals surface area contributed by atoms with E-state index in [-0.39, 0.29) is 12.3 Å². The minimum atomic E-state index is -0.920. The molecular weight excluding hydrogens is 298 g/mol. The van der Waals surface area contributed by atoms with Crippen molar-refractivity contribution in [3.05, 3.63) is 35.4 Å². The molecule has 2 rings (SSSR count). The highest BCUT2D eigenvalue weighted by Crippen LogP contribution is 2.22. The zero-order valence-corrected chi connectivity index (χ0v) is 13.1. The fraction of sp³-hybridized carbons (Fsp3) is 0.500. The standard InChI is InChI=1S/C18H22F2N2O/c1-2-3-4-13-7-9-22(10-8-13)18(23)17(21)12-14-5-6-15(19)16(20)11-14/h1,5-6,11,13,17H,3-4,7-10,12,21H2/t17-/m0/s1. The Morgan fingerprint density at radius 1 is 1.35 bits per heavy atom. The Bertz CT molecular complexity index is 589. The Balaban J connectivity index is 1.85. The zero-order chi connectivity index (χ0) is 16.8. The third-order valence-corrected chi connectivity index (χ3v) is 4.38. The number of hydrogen-bond donors (Lipinski definition) is 1. The van der Waals surface area contributed by atoms with Crippen molar-refractivity contribution in [3.8, 4) is 12.3 Å². The molecule has 23 heavy (non-hydrogen) atoms. The lowest BCUT2D eigenvalue weighted by atomic mass is 9.92. The first-order valence-corrected chi connectivity index (χ1v) is 7.93. The molecule has 0 unspecified atom stereocenters. The lowest BCUT2D eigenvalue weighted by molar-refractivity contribution is -0.134. The highest BCUT2D eigenvalue weighted by atomic mass is 19.2. The summed E-state index contributed by atoms with van der Waals surface area (Å²) < 4.78 is 26.1. The summed E-state index contributed by atoms with van der Waals surface area (Å²) >= 11 is 0. The van der Waals surface area contributed by atoms with Crippen LogP contribution in [0.3, 0.4) is 0 Å². The predicted molar refractivity (Wildman–Crippen MR) is 85.4 cm³/mol. The van der Waals surface area contributed by atoms with Gasteiger partial charge in [-0.2, -0.15) is 0 Å². The number of piperidine rings is 1. The molecule has 0 aromatic heterocycles. The van der Waals surface area contributed by atoms with E-state index in [1.54, 1.807) is 4.90 Å². The van der Waals surface area contributed by atoms with E-state index in [0.29, 0.717) is 24.6 Å². The number of likely N-dealkylation sites (tertiary alicyclic amines) is 1. The average molecular weight is 320 g/mol. The molecule has 1 heterocycles. The van der Waals surface area contributed by atoms with E-state index in [4.69, 9.17) is 12.2 Å². The summed E-state index contributed by atoms with van der Waals surface area (Å²) in [4.78, 5) is 14.1. The Morgan fingerprint density at radius 3 is 2.65 bits per heavy atom. The van der Waals surface area contributed by atoms with Gasteiger partial charge in [0.05, 0.1) is 6.04 Å². The van der Waals surface area contributed by atoms with Gasteiger partial charge in [-0.05, 0) is 49.3 Å². The van der Waals surface area contributed by atoms with Crippen molar-refractivity contribution in [2.75, 3.05) is 13.1 Å². The van der Waals surface area contributed by atoms with E-state index in [0.717, 1.165) is 37.8 Å². The average Bonchev–Trinajstić information content (AvgIpc) is 2.56. The molecule has 1 aromatic carbocycles. The van der Waals surface area contributed by atoms with E-state index in [9.17, 15) is 13.6 Å². The van der Waals surface area contributed by atoms with Crippen LogP contribution >= 0.6 is 0 Å². The summed E-state index contributed by atoms with van der Waals surface area (Å²) in [6, 6.07) is 2.87. The maximum Gasteiger partial charge on any atom is 0.239 e. The minimum absolute atomic E-state index is 0.134. The Hall–Kier alpha value is -1.93. The number of carbonyl (C=O) groups is 1. The number of hydrogen-bond acceptors (Lipinski definition) is 2. The molecule has 0 spiro atoms. The third-order valence-electron chi connectivity index (χ3n) is 4.38. The van der Waals surface area contributed by atoms with Gasteiger partial charge >= 0.3 is 0 Å². The monoisotopic (exact) mass is 320 g/mol. The quantitative estimate of drug-likeness (QED) is 0.847. The van der Waals surface area contributed by atoms with Gasteiger partial charge in [0.1, 0.15) is 0 Å². The molecule has 1 amide bonds. The van der Waals surface area contributed by atoms with E-state index in [1.165, 1.54) is 6.07 Å². The topological polar surface area (TPSA) is 46.3 Å². The van der Waals surface area contributed by atoms with Crippen LogP contribution in [-0.2, 0) is 11.2 Å². The lowest BCUT2D eigenvalue weighted by Crippen LogP contribution is -2.48. The fourth-order valence-electron chi connectivity index (χ4n) is 2.97. The molecular formula is C18H22F2N2O. The molecule has 1 fully saturated rings. The minimum Gasteiger partial charge on any atom is -0.341 e. The molecule has 0 aliphatic carbocycles. The van der Waals surface area contributed by atoms with Crippen LogP contribution in [0.25, 0.3) is 0 Å². The molecule has 1 aliphatic heterocycles. The lowest BCUT2D eigenvalue weighted by Gasteiger charge is -2.33. The van der Waals surface area contributed by atoms with Gasteiger partial charge in [-0.3, -0.25) is 4.79 Å². The number of carbonyl (C=O) groups excluding carboxylic acids is 1. The van der Waals surface area contributed by atoms with E-state index in [1.807, 2.05) is 0 Å². The van der Waals surface area contributed by atoms with E-state index in [2.05, 4.69) is 5.92 Å². The van der Waals surface area contributed by atoms with Gasteiger partial charge < -0.3 is 10.6 Å². The maximum atomic E-state index is 13.2. The molecule has 3 nitrogen and oxygen atoms in total. The van der Waals surface area contributed by atoms with Gasteiger partial charge in [0.25, 0.3) is 0 Å². The second kappa shape index (κ2) is 8.07. The van der Waals surface area contributed by atoms with Gasteiger partial charge in [-0.25, -0.2) is 8.78 Å². The predicted octanol–water partition coefficient (Wildman–Crippen LogP) is 2.49. The summed E-state index contributed by atoms with van der Waals surface area (Å²) in [5.41, 5.74) is 6.47. The first-order chi connectivity index (χ1) is 11.0. The number of terminal acetylenes is 1. The van der Waals surface area contributed by atoms with Crippen molar-refractivity contribution in [2.45, 2.75) is 38.1 Å². The zero-order valence-electron chi connectivity index (χ0n) is 13.1. The second-order valence-corrected chi connectivity index (χ2v) is 6.07. The van der Waals surface area contributed by atoms with Crippen molar-refractivity contribution in [1.82, 2.24) is 4.90 Å². The first kappa shape index (κ1) is 17.4. The van der Waals surface area contributed by atoms with Crippen LogP contribution in [0.15, 0.2) is 18.2 Å². The SMILES string of the molecule is C#CCCC1CCN(C(=O)[C@@H](N)Cc2ccc(F)c(F)c2)CC1. The van der Waals surface area contributed by atoms with E-state index >= 15 is 0 Å². The summed E-state index contributed by atoms with van der Waals surface area (Å²) in [6.45, 7) is 1.36. The highest BCUT2D eigenvalue weighted by Gasteiger charge is 2.26. The van der Waals surface area contributed by atoms with Crippen LogP contribution in [0, 0.1) is 29.9 Å². The van der Waals surface area contributed by atoms with Crippen LogP contribution < -0.4 is 5.73 Å². The maximum absolute atomic E-state index is 13.2. The van der Waals surface area contributed by atoms with Crippen LogP contribution in [0.2, 0.25) is 0 Å². The molecule has 124 valence electrons. The molecule has 0 radical (unpaired) electrons. The number of rotatable bonds is 5. The first-order valence-electron chi connectivity index (χ1n) is 7.93. The van der Waals surface area contributed by atoms with Crippen molar-refractivity contribution in [1.29, 1.82) is 0 Å². The van der Waals surface area contributed by atoms with Gasteiger partial charge in [0.2, 0.25) is 5.91 Å². The Kier molecular flexibility index (Phi) is 6.12. The smallest absolute Gasteiger partial charge is 0.239 e. The van der Waals surface area contributed by atoms with Crippen LogP contribution in [-0.4, -0.2) is 29.9 Å². The third kappa shape index (κ3) is 4.77. The molecule has 1 aliphatic rings. The van der Waals surface area contributed by atoms with Crippen molar-refractivity contribution in [2.24, 2.45) is 11.7 Å². The number of nitrogens with two attached hydrogens (primary N) is 1. The largest absolute Gasteiger partial charge is 0.341 e. The van der Waals surface area contributed by atoms with Crippen LogP contribution in [0.5, 0.6) is 0 Å². The van der Waals surface area contributed by atoms with Gasteiger partial charge in [-0.1, -0.05) is 6.07 Å². The second-order valence-electron chi connectivity index (χ2n) is 6.07.